The molecule has 0 radical (unpaired) electrons. The molecular weight excluding hydrogens is 301 g/mol. The molecule has 2 aromatic rings. The van der Waals surface area contributed by atoms with Crippen molar-refractivity contribution in [1.29, 1.82) is 0 Å². The van der Waals surface area contributed by atoms with E-state index < -0.39 is 0 Å². The Morgan fingerprint density at radius 2 is 1.57 bits per heavy atom. The van der Waals surface area contributed by atoms with Crippen molar-refractivity contribution < 1.29 is 0 Å². The molecule has 0 aliphatic carbocycles. The number of halogens is 2. The summed E-state index contributed by atoms with van der Waals surface area (Å²) in [6, 6.07) is 14.8. The van der Waals surface area contributed by atoms with Crippen molar-refractivity contribution in [2.75, 3.05) is 6.54 Å². The van der Waals surface area contributed by atoms with Crippen molar-refractivity contribution in [3.05, 3.63) is 58.1 Å². The number of rotatable bonds is 6. The quantitative estimate of drug-likeness (QED) is 0.676. The monoisotopic (exact) mass is 321 g/mol. The molecule has 1 N–H and O–H groups in total. The minimum Gasteiger partial charge on any atom is -0.310 e. The maximum Gasteiger partial charge on any atom is 0.0598 e. The third-order valence-corrected chi connectivity index (χ3v) is 4.35. The number of hydrogen-bond donors (Lipinski definition) is 1. The van der Waals surface area contributed by atoms with Crippen molar-refractivity contribution in [1.82, 2.24) is 5.32 Å². The molecule has 112 valence electrons. The summed E-state index contributed by atoms with van der Waals surface area (Å²) in [4.78, 5) is 0. The van der Waals surface area contributed by atoms with Gasteiger partial charge in [-0.05, 0) is 48.2 Å². The lowest BCUT2D eigenvalue weighted by atomic mass is 9.99. The van der Waals surface area contributed by atoms with Gasteiger partial charge in [0.2, 0.25) is 0 Å². The van der Waals surface area contributed by atoms with Crippen molar-refractivity contribution in [3.8, 4) is 11.1 Å². The Balaban J connectivity index is 2.19. The molecule has 0 aliphatic heterocycles. The molecule has 0 fully saturated rings. The fourth-order valence-corrected chi connectivity index (χ4v) is 2.70. The second kappa shape index (κ2) is 7.84. The van der Waals surface area contributed by atoms with Gasteiger partial charge in [0.05, 0.1) is 10.0 Å². The van der Waals surface area contributed by atoms with Crippen LogP contribution < -0.4 is 5.32 Å². The summed E-state index contributed by atoms with van der Waals surface area (Å²) in [5, 5.41) is 4.75. The highest BCUT2D eigenvalue weighted by atomic mass is 35.5. The minimum absolute atomic E-state index is 0.424. The van der Waals surface area contributed by atoms with E-state index in [0.717, 1.165) is 30.5 Å². The van der Waals surface area contributed by atoms with Crippen LogP contribution in [0.2, 0.25) is 10.0 Å². The summed E-state index contributed by atoms with van der Waals surface area (Å²) in [6.45, 7) is 5.44. The van der Waals surface area contributed by atoms with Gasteiger partial charge in [0.1, 0.15) is 0 Å². The smallest absolute Gasteiger partial charge is 0.0598 e. The zero-order chi connectivity index (χ0) is 15.2. The Kier molecular flexibility index (Phi) is 6.10. The second-order valence-electron chi connectivity index (χ2n) is 5.17. The Bertz CT molecular complexity index is 578. The van der Waals surface area contributed by atoms with E-state index in [1.54, 1.807) is 0 Å². The average Bonchev–Trinajstić information content (AvgIpc) is 2.51. The first-order valence-electron chi connectivity index (χ1n) is 7.44. The molecule has 0 amide bonds. The highest BCUT2D eigenvalue weighted by molar-refractivity contribution is 6.42. The van der Waals surface area contributed by atoms with Gasteiger partial charge in [-0.25, -0.2) is 0 Å². The molecule has 0 aliphatic rings. The van der Waals surface area contributed by atoms with E-state index in [-0.39, 0.29) is 0 Å². The van der Waals surface area contributed by atoms with Gasteiger partial charge in [-0.15, -0.1) is 0 Å². The summed E-state index contributed by atoms with van der Waals surface area (Å²) < 4.78 is 0. The van der Waals surface area contributed by atoms with Crippen molar-refractivity contribution >= 4 is 23.2 Å². The van der Waals surface area contributed by atoms with Crippen LogP contribution in [0.1, 0.15) is 38.3 Å². The topological polar surface area (TPSA) is 12.0 Å². The average molecular weight is 322 g/mol. The molecule has 0 bridgehead atoms. The fraction of sp³-hybridized carbons (Fsp3) is 0.333. The largest absolute Gasteiger partial charge is 0.310 e. The summed E-state index contributed by atoms with van der Waals surface area (Å²) in [6.07, 6.45) is 2.24. The molecule has 0 aromatic heterocycles. The first-order chi connectivity index (χ1) is 10.2. The van der Waals surface area contributed by atoms with Gasteiger partial charge in [0.15, 0.2) is 0 Å². The van der Waals surface area contributed by atoms with Gasteiger partial charge < -0.3 is 5.32 Å². The minimum atomic E-state index is 0.424. The van der Waals surface area contributed by atoms with E-state index in [4.69, 9.17) is 23.2 Å². The molecule has 3 heteroatoms. The molecule has 1 unspecified atom stereocenters. The highest BCUT2D eigenvalue weighted by Crippen LogP contribution is 2.29. The standard InChI is InChI=1S/C18H21Cl2N/c1-3-11-21-18(4-2)14-7-5-13(6-8-14)15-9-10-16(19)17(20)12-15/h5-10,12,18,21H,3-4,11H2,1-2H3. The first-order valence-corrected chi connectivity index (χ1v) is 8.20. The Hall–Kier alpha value is -1.02. The maximum absolute atomic E-state index is 6.08. The molecule has 0 heterocycles. The van der Waals surface area contributed by atoms with Crippen LogP contribution in [0.15, 0.2) is 42.5 Å². The first kappa shape index (κ1) is 16.4. The van der Waals surface area contributed by atoms with Crippen LogP contribution in [-0.4, -0.2) is 6.54 Å². The van der Waals surface area contributed by atoms with Crippen LogP contribution in [0, 0.1) is 0 Å². The van der Waals surface area contributed by atoms with Crippen LogP contribution in [0.25, 0.3) is 11.1 Å². The lowest BCUT2D eigenvalue weighted by molar-refractivity contribution is 0.518. The Labute approximate surface area is 137 Å². The number of benzene rings is 2. The van der Waals surface area contributed by atoms with Crippen LogP contribution >= 0.6 is 23.2 Å². The van der Waals surface area contributed by atoms with E-state index in [1.807, 2.05) is 18.2 Å². The van der Waals surface area contributed by atoms with Gasteiger partial charge in [-0.2, -0.15) is 0 Å². The van der Waals surface area contributed by atoms with E-state index in [9.17, 15) is 0 Å². The third kappa shape index (κ3) is 4.23. The normalized spacial score (nSPS) is 12.4. The van der Waals surface area contributed by atoms with Crippen molar-refractivity contribution in [3.63, 3.8) is 0 Å². The molecular formula is C18H21Cl2N. The van der Waals surface area contributed by atoms with Crippen LogP contribution in [0.5, 0.6) is 0 Å². The van der Waals surface area contributed by atoms with E-state index in [1.165, 1.54) is 5.56 Å². The predicted octanol–water partition coefficient (Wildman–Crippen LogP) is 6.11. The predicted molar refractivity (Wildman–Crippen MR) is 93.2 cm³/mol. The number of nitrogens with one attached hydrogen (secondary N) is 1. The maximum atomic E-state index is 6.08. The third-order valence-electron chi connectivity index (χ3n) is 3.61. The van der Waals surface area contributed by atoms with Crippen LogP contribution in [0.3, 0.4) is 0 Å². The van der Waals surface area contributed by atoms with Crippen LogP contribution in [0.4, 0.5) is 0 Å². The second-order valence-corrected chi connectivity index (χ2v) is 5.98. The molecule has 0 spiro atoms. The molecule has 0 saturated heterocycles. The van der Waals surface area contributed by atoms with E-state index >= 15 is 0 Å². The Morgan fingerprint density at radius 3 is 2.14 bits per heavy atom. The molecule has 1 atom stereocenters. The lowest BCUT2D eigenvalue weighted by Crippen LogP contribution is -2.21. The zero-order valence-corrected chi connectivity index (χ0v) is 14.0. The van der Waals surface area contributed by atoms with E-state index in [2.05, 4.69) is 43.4 Å². The van der Waals surface area contributed by atoms with Gasteiger partial charge >= 0.3 is 0 Å². The Morgan fingerprint density at radius 1 is 0.905 bits per heavy atom. The summed E-state index contributed by atoms with van der Waals surface area (Å²) >= 11 is 12.0. The van der Waals surface area contributed by atoms with Crippen molar-refractivity contribution in [2.45, 2.75) is 32.7 Å². The van der Waals surface area contributed by atoms with Crippen molar-refractivity contribution in [2.24, 2.45) is 0 Å². The molecule has 2 rings (SSSR count). The molecule has 1 nitrogen and oxygen atoms in total. The summed E-state index contributed by atoms with van der Waals surface area (Å²) in [5.74, 6) is 0. The lowest BCUT2D eigenvalue weighted by Gasteiger charge is -2.17. The number of hydrogen-bond acceptors (Lipinski definition) is 1. The zero-order valence-electron chi connectivity index (χ0n) is 12.5. The van der Waals surface area contributed by atoms with E-state index in [0.29, 0.717) is 16.1 Å². The molecule has 2 aromatic carbocycles. The summed E-state index contributed by atoms with van der Waals surface area (Å²) in [5.41, 5.74) is 3.57. The summed E-state index contributed by atoms with van der Waals surface area (Å²) in [7, 11) is 0. The fourth-order valence-electron chi connectivity index (χ4n) is 2.40. The SMILES string of the molecule is CCCNC(CC)c1ccc(-c2ccc(Cl)c(Cl)c2)cc1. The molecule has 21 heavy (non-hydrogen) atoms. The molecule has 0 saturated carbocycles. The van der Waals surface area contributed by atoms with Gasteiger partial charge in [-0.1, -0.05) is 67.4 Å². The van der Waals surface area contributed by atoms with Gasteiger partial charge in [0.25, 0.3) is 0 Å². The highest BCUT2D eigenvalue weighted by Gasteiger charge is 2.08. The van der Waals surface area contributed by atoms with Gasteiger partial charge in [0, 0.05) is 6.04 Å². The van der Waals surface area contributed by atoms with Gasteiger partial charge in [-0.3, -0.25) is 0 Å². The van der Waals surface area contributed by atoms with Crippen LogP contribution in [-0.2, 0) is 0 Å².